The highest BCUT2D eigenvalue weighted by Crippen LogP contribution is 2.36. The van der Waals surface area contributed by atoms with Gasteiger partial charge in [0.25, 0.3) is 0 Å². The van der Waals surface area contributed by atoms with E-state index in [0.29, 0.717) is 5.41 Å². The molecule has 15 heavy (non-hydrogen) atoms. The summed E-state index contributed by atoms with van der Waals surface area (Å²) < 4.78 is 1.23. The van der Waals surface area contributed by atoms with Crippen LogP contribution in [0, 0.1) is 5.41 Å². The Labute approximate surface area is 121 Å². The smallest absolute Gasteiger partial charge is 0.0701 e. The fraction of sp³-hybridized carbons (Fsp3) is 0.636. The topological polar surface area (TPSA) is 0 Å². The number of thiophene rings is 1. The maximum Gasteiger partial charge on any atom is 0.0701 e. The number of halogens is 3. The first-order valence-electron chi connectivity index (χ1n) is 5.02. The van der Waals surface area contributed by atoms with Crippen LogP contribution in [0.2, 0.25) is 0 Å². The molecule has 1 rings (SSSR count). The van der Waals surface area contributed by atoms with Crippen molar-refractivity contribution in [3.63, 3.8) is 0 Å². The molecule has 0 aliphatic rings. The summed E-state index contributed by atoms with van der Waals surface area (Å²) in [5.41, 5.74) is 0.374. The highest BCUT2D eigenvalue weighted by atomic mass is 79.9. The highest BCUT2D eigenvalue weighted by Gasteiger charge is 2.27. The summed E-state index contributed by atoms with van der Waals surface area (Å²) in [5, 5.41) is 2.13. The Kier molecular flexibility index (Phi) is 6.41. The van der Waals surface area contributed by atoms with Crippen molar-refractivity contribution in [3.8, 4) is 0 Å². The minimum atomic E-state index is 0.374. The normalized spacial score (nSPS) is 12.0. The predicted octanol–water partition coefficient (Wildman–Crippen LogP) is 5.63. The predicted molar refractivity (Wildman–Crippen MR) is 80.7 cm³/mol. The molecule has 0 fully saturated rings. The van der Waals surface area contributed by atoms with Crippen LogP contribution >= 0.6 is 59.1 Å². The fourth-order valence-corrected chi connectivity index (χ4v) is 5.24. The van der Waals surface area contributed by atoms with Crippen molar-refractivity contribution < 1.29 is 0 Å². The number of alkyl halides is 2. The first-order chi connectivity index (χ1) is 7.15. The van der Waals surface area contributed by atoms with Gasteiger partial charge in [-0.15, -0.1) is 11.3 Å². The van der Waals surface area contributed by atoms with Crippen LogP contribution in [0.25, 0.3) is 0 Å². The standard InChI is InChI=1S/C11H15Br3S/c1-2-5-11(7-12,8-13)6-9-3-4-10(14)15-9/h3-4H,2,5-8H2,1H3. The van der Waals surface area contributed by atoms with E-state index in [1.54, 1.807) is 0 Å². The molecule has 0 unspecified atom stereocenters. The minimum absolute atomic E-state index is 0.374. The molecule has 0 radical (unpaired) electrons. The van der Waals surface area contributed by atoms with E-state index in [9.17, 15) is 0 Å². The van der Waals surface area contributed by atoms with Gasteiger partial charge in [0.05, 0.1) is 3.79 Å². The summed E-state index contributed by atoms with van der Waals surface area (Å²) in [7, 11) is 0. The molecule has 0 saturated heterocycles. The van der Waals surface area contributed by atoms with Gasteiger partial charge in [-0.1, -0.05) is 45.2 Å². The quantitative estimate of drug-likeness (QED) is 0.525. The van der Waals surface area contributed by atoms with Gasteiger partial charge in [-0.05, 0) is 46.3 Å². The molecule has 0 spiro atoms. The van der Waals surface area contributed by atoms with Crippen LogP contribution in [-0.4, -0.2) is 10.7 Å². The molecule has 0 saturated carbocycles. The minimum Gasteiger partial charge on any atom is -0.133 e. The molecular formula is C11H15Br3S. The molecule has 0 aliphatic carbocycles. The van der Waals surface area contributed by atoms with E-state index in [1.807, 2.05) is 11.3 Å². The zero-order valence-electron chi connectivity index (χ0n) is 8.73. The molecule has 0 aromatic carbocycles. The van der Waals surface area contributed by atoms with Gasteiger partial charge in [-0.2, -0.15) is 0 Å². The van der Waals surface area contributed by atoms with Gasteiger partial charge in [0.15, 0.2) is 0 Å². The zero-order chi connectivity index (χ0) is 11.3. The fourth-order valence-electron chi connectivity index (χ4n) is 1.70. The van der Waals surface area contributed by atoms with E-state index >= 15 is 0 Å². The SMILES string of the molecule is CCCC(CBr)(CBr)Cc1ccc(Br)s1. The summed E-state index contributed by atoms with van der Waals surface area (Å²) in [6.45, 7) is 2.25. The van der Waals surface area contributed by atoms with E-state index in [4.69, 9.17) is 0 Å². The summed E-state index contributed by atoms with van der Waals surface area (Å²) in [6.07, 6.45) is 3.66. The summed E-state index contributed by atoms with van der Waals surface area (Å²) >= 11 is 12.7. The molecular weight excluding hydrogens is 404 g/mol. The van der Waals surface area contributed by atoms with Gasteiger partial charge >= 0.3 is 0 Å². The summed E-state index contributed by atoms with van der Waals surface area (Å²) in [5.74, 6) is 0. The van der Waals surface area contributed by atoms with Gasteiger partial charge in [-0.3, -0.25) is 0 Å². The lowest BCUT2D eigenvalue weighted by Gasteiger charge is -2.29. The third-order valence-electron chi connectivity index (χ3n) is 2.53. The Morgan fingerprint density at radius 3 is 2.33 bits per heavy atom. The van der Waals surface area contributed by atoms with Crippen LogP contribution in [0.5, 0.6) is 0 Å². The Morgan fingerprint density at radius 2 is 1.93 bits per heavy atom. The first-order valence-corrected chi connectivity index (χ1v) is 8.87. The van der Waals surface area contributed by atoms with Gasteiger partial charge in [0, 0.05) is 15.5 Å². The van der Waals surface area contributed by atoms with Crippen LogP contribution < -0.4 is 0 Å². The second-order valence-corrected chi connectivity index (χ2v) is 7.57. The van der Waals surface area contributed by atoms with Crippen LogP contribution in [0.15, 0.2) is 15.9 Å². The van der Waals surface area contributed by atoms with E-state index in [0.717, 1.165) is 17.1 Å². The average molecular weight is 419 g/mol. The average Bonchev–Trinajstić information content (AvgIpc) is 2.63. The van der Waals surface area contributed by atoms with Crippen LogP contribution in [0.3, 0.4) is 0 Å². The molecule has 86 valence electrons. The summed E-state index contributed by atoms with van der Waals surface area (Å²) in [6, 6.07) is 4.36. The highest BCUT2D eigenvalue weighted by molar-refractivity contribution is 9.11. The van der Waals surface area contributed by atoms with E-state index < -0.39 is 0 Å². The van der Waals surface area contributed by atoms with E-state index in [-0.39, 0.29) is 0 Å². The third kappa shape index (κ3) is 4.14. The Hall–Kier alpha value is 1.14. The van der Waals surface area contributed by atoms with E-state index in [1.165, 1.54) is 21.5 Å². The second kappa shape index (κ2) is 6.77. The number of rotatable bonds is 6. The van der Waals surface area contributed by atoms with Gasteiger partial charge in [-0.25, -0.2) is 0 Å². The molecule has 4 heteroatoms. The van der Waals surface area contributed by atoms with Crippen LogP contribution in [-0.2, 0) is 6.42 Å². The zero-order valence-corrected chi connectivity index (χ0v) is 14.3. The molecule has 1 aromatic heterocycles. The monoisotopic (exact) mass is 416 g/mol. The lowest BCUT2D eigenvalue weighted by molar-refractivity contribution is 0.354. The van der Waals surface area contributed by atoms with Gasteiger partial charge < -0.3 is 0 Å². The Bertz CT molecular complexity index is 292. The van der Waals surface area contributed by atoms with Crippen molar-refractivity contribution in [2.24, 2.45) is 5.41 Å². The first kappa shape index (κ1) is 14.2. The molecule has 0 atom stereocenters. The van der Waals surface area contributed by atoms with Crippen molar-refractivity contribution in [2.75, 3.05) is 10.7 Å². The lowest BCUT2D eigenvalue weighted by Crippen LogP contribution is -2.27. The van der Waals surface area contributed by atoms with Crippen molar-refractivity contribution in [2.45, 2.75) is 26.2 Å². The van der Waals surface area contributed by atoms with Crippen molar-refractivity contribution in [3.05, 3.63) is 20.8 Å². The van der Waals surface area contributed by atoms with Crippen molar-refractivity contribution >= 4 is 59.1 Å². The molecule has 0 amide bonds. The van der Waals surface area contributed by atoms with Crippen LogP contribution in [0.1, 0.15) is 24.6 Å². The van der Waals surface area contributed by atoms with Crippen LogP contribution in [0.4, 0.5) is 0 Å². The number of hydrogen-bond acceptors (Lipinski definition) is 1. The van der Waals surface area contributed by atoms with E-state index in [2.05, 4.69) is 66.8 Å². The summed E-state index contributed by atoms with van der Waals surface area (Å²) in [4.78, 5) is 1.47. The Balaban J connectivity index is 2.73. The maximum atomic E-state index is 3.66. The molecule has 0 N–H and O–H groups in total. The molecule has 0 nitrogen and oxygen atoms in total. The number of hydrogen-bond donors (Lipinski definition) is 0. The van der Waals surface area contributed by atoms with Crippen molar-refractivity contribution in [1.29, 1.82) is 0 Å². The molecule has 1 aromatic rings. The molecule has 0 bridgehead atoms. The van der Waals surface area contributed by atoms with Gasteiger partial charge in [0.2, 0.25) is 0 Å². The van der Waals surface area contributed by atoms with Gasteiger partial charge in [0.1, 0.15) is 0 Å². The molecule has 1 heterocycles. The molecule has 0 aliphatic heterocycles. The lowest BCUT2D eigenvalue weighted by atomic mass is 9.84. The van der Waals surface area contributed by atoms with Crippen molar-refractivity contribution in [1.82, 2.24) is 0 Å². The Morgan fingerprint density at radius 1 is 1.27 bits per heavy atom. The third-order valence-corrected chi connectivity index (χ3v) is 6.53. The second-order valence-electron chi connectivity index (χ2n) is 3.90. The largest absolute Gasteiger partial charge is 0.133 e. The maximum absolute atomic E-state index is 3.66.